The van der Waals surface area contributed by atoms with E-state index in [4.69, 9.17) is 5.73 Å². The van der Waals surface area contributed by atoms with Crippen molar-refractivity contribution >= 4 is 28.6 Å². The number of para-hydroxylation sites is 1. The van der Waals surface area contributed by atoms with Gasteiger partial charge in [0.05, 0.1) is 0 Å². The molecular weight excluding hydrogens is 344 g/mol. The molecule has 0 unspecified atom stereocenters. The number of carbonyl (C=O) groups is 3. The van der Waals surface area contributed by atoms with Crippen LogP contribution >= 0.6 is 0 Å². The summed E-state index contributed by atoms with van der Waals surface area (Å²) in [6, 6.07) is 7.13. The van der Waals surface area contributed by atoms with Gasteiger partial charge in [0.2, 0.25) is 17.7 Å². The Kier molecular flexibility index (Phi) is 4.95. The largest absolute Gasteiger partial charge is 0.368 e. The Labute approximate surface area is 158 Å². The first kappa shape index (κ1) is 18.9. The highest BCUT2D eigenvalue weighted by atomic mass is 16.2. The zero-order valence-corrected chi connectivity index (χ0v) is 15.9. The van der Waals surface area contributed by atoms with Gasteiger partial charge < -0.3 is 21.4 Å². The van der Waals surface area contributed by atoms with Crippen LogP contribution in [0.3, 0.4) is 0 Å². The molecule has 27 heavy (non-hydrogen) atoms. The number of fused-ring (bicyclic) bond motifs is 3. The molecule has 2 aromatic rings. The van der Waals surface area contributed by atoms with Crippen molar-refractivity contribution in [1.82, 2.24) is 15.6 Å². The molecule has 0 aliphatic heterocycles. The maximum Gasteiger partial charge on any atom is 0.246 e. The van der Waals surface area contributed by atoms with E-state index in [1.807, 2.05) is 38.1 Å². The molecule has 2 atom stereocenters. The van der Waals surface area contributed by atoms with Gasteiger partial charge in [-0.1, -0.05) is 32.0 Å². The second kappa shape index (κ2) is 7.06. The highest BCUT2D eigenvalue weighted by Gasteiger charge is 2.44. The number of amides is 3. The summed E-state index contributed by atoms with van der Waals surface area (Å²) in [7, 11) is 0. The molecule has 0 fully saturated rings. The smallest absolute Gasteiger partial charge is 0.246 e. The van der Waals surface area contributed by atoms with Crippen LogP contribution in [0.2, 0.25) is 0 Å². The first-order valence-electron chi connectivity index (χ1n) is 9.21. The molecule has 0 saturated heterocycles. The van der Waals surface area contributed by atoms with E-state index in [1.165, 1.54) is 6.92 Å². The van der Waals surface area contributed by atoms with E-state index in [0.29, 0.717) is 19.3 Å². The number of hydrogen-bond acceptors (Lipinski definition) is 3. The van der Waals surface area contributed by atoms with Gasteiger partial charge in [-0.05, 0) is 30.4 Å². The summed E-state index contributed by atoms with van der Waals surface area (Å²) in [5.74, 6) is -1.38. The molecule has 7 heteroatoms. The maximum absolute atomic E-state index is 13.2. The summed E-state index contributed by atoms with van der Waals surface area (Å²) in [4.78, 5) is 40.2. The molecule has 3 rings (SSSR count). The average Bonchev–Trinajstić information content (AvgIpc) is 2.96. The number of nitrogens with two attached hydrogens (primary N) is 1. The van der Waals surface area contributed by atoms with Gasteiger partial charge in [0.15, 0.2) is 0 Å². The molecule has 1 aromatic heterocycles. The minimum atomic E-state index is -1.10. The zero-order chi connectivity index (χ0) is 19.8. The number of aryl methyl sites for hydroxylation is 1. The van der Waals surface area contributed by atoms with Crippen molar-refractivity contribution < 1.29 is 14.4 Å². The van der Waals surface area contributed by atoms with Gasteiger partial charge in [-0.15, -0.1) is 0 Å². The Morgan fingerprint density at radius 1 is 1.22 bits per heavy atom. The van der Waals surface area contributed by atoms with Crippen molar-refractivity contribution in [2.45, 2.75) is 51.6 Å². The number of carbonyl (C=O) groups excluding carboxylic acids is 3. The fraction of sp³-hybridized carbons (Fsp3) is 0.450. The monoisotopic (exact) mass is 370 g/mol. The van der Waals surface area contributed by atoms with Crippen LogP contribution in [0.25, 0.3) is 10.9 Å². The van der Waals surface area contributed by atoms with Crippen LogP contribution in [-0.4, -0.2) is 34.3 Å². The molecule has 0 bridgehead atoms. The van der Waals surface area contributed by atoms with Crippen LogP contribution < -0.4 is 16.4 Å². The number of aromatic amines is 1. The van der Waals surface area contributed by atoms with Crippen LogP contribution in [-0.2, 0) is 27.2 Å². The van der Waals surface area contributed by atoms with E-state index in [2.05, 4.69) is 15.6 Å². The van der Waals surface area contributed by atoms with Crippen LogP contribution in [0.4, 0.5) is 0 Å². The normalized spacial score (nSPS) is 20.1. The maximum atomic E-state index is 13.2. The second-order valence-electron chi connectivity index (χ2n) is 7.67. The van der Waals surface area contributed by atoms with Crippen molar-refractivity contribution in [2.75, 3.05) is 0 Å². The Morgan fingerprint density at radius 2 is 1.93 bits per heavy atom. The van der Waals surface area contributed by atoms with Crippen molar-refractivity contribution in [1.29, 1.82) is 0 Å². The third-order valence-corrected chi connectivity index (χ3v) is 5.29. The van der Waals surface area contributed by atoms with Gasteiger partial charge in [-0.25, -0.2) is 0 Å². The van der Waals surface area contributed by atoms with E-state index >= 15 is 0 Å². The number of rotatable bonds is 5. The molecule has 5 N–H and O–H groups in total. The molecule has 1 heterocycles. The lowest BCUT2D eigenvalue weighted by Crippen LogP contribution is -2.64. The third kappa shape index (κ3) is 3.54. The minimum absolute atomic E-state index is 0.145. The van der Waals surface area contributed by atoms with Gasteiger partial charge in [0.1, 0.15) is 11.6 Å². The minimum Gasteiger partial charge on any atom is -0.368 e. The molecule has 1 aromatic carbocycles. The van der Waals surface area contributed by atoms with Crippen molar-refractivity contribution in [2.24, 2.45) is 11.7 Å². The van der Waals surface area contributed by atoms with Gasteiger partial charge in [0, 0.05) is 29.9 Å². The van der Waals surface area contributed by atoms with E-state index < -0.39 is 17.5 Å². The van der Waals surface area contributed by atoms with Gasteiger partial charge in [-0.2, -0.15) is 0 Å². The van der Waals surface area contributed by atoms with Gasteiger partial charge in [0.25, 0.3) is 0 Å². The summed E-state index contributed by atoms with van der Waals surface area (Å²) < 4.78 is 0. The van der Waals surface area contributed by atoms with Crippen LogP contribution in [0, 0.1) is 5.92 Å². The Hall–Kier alpha value is -2.83. The second-order valence-corrected chi connectivity index (χ2v) is 7.67. The molecule has 7 nitrogen and oxygen atoms in total. The van der Waals surface area contributed by atoms with E-state index in [0.717, 1.165) is 22.2 Å². The zero-order valence-electron chi connectivity index (χ0n) is 15.9. The number of benzene rings is 1. The van der Waals surface area contributed by atoms with Crippen LogP contribution in [0.5, 0.6) is 0 Å². The quantitative estimate of drug-likeness (QED) is 0.632. The fourth-order valence-corrected chi connectivity index (χ4v) is 3.94. The fourth-order valence-electron chi connectivity index (χ4n) is 3.94. The Balaban J connectivity index is 1.98. The van der Waals surface area contributed by atoms with E-state index in [9.17, 15) is 14.4 Å². The first-order chi connectivity index (χ1) is 12.7. The molecule has 3 amide bonds. The number of nitrogens with one attached hydrogen (secondary N) is 3. The molecule has 0 radical (unpaired) electrons. The summed E-state index contributed by atoms with van der Waals surface area (Å²) in [6.45, 7) is 5.03. The Morgan fingerprint density at radius 3 is 2.56 bits per heavy atom. The lowest BCUT2D eigenvalue weighted by molar-refractivity contribution is -0.136. The first-order valence-corrected chi connectivity index (χ1v) is 9.21. The number of H-pyrrole nitrogens is 1. The van der Waals surface area contributed by atoms with Crippen molar-refractivity contribution in [3.05, 3.63) is 35.5 Å². The average molecular weight is 370 g/mol. The predicted octanol–water partition coefficient (Wildman–Crippen LogP) is 1.16. The number of hydrogen-bond donors (Lipinski definition) is 4. The SMILES string of the molecule is CC(=O)N[C@@]1(C(=O)N[C@H](C(N)=O)C(C)C)CCc2[nH]c3ccccc3c2C1. The summed E-state index contributed by atoms with van der Waals surface area (Å²) in [6.07, 6.45) is 1.43. The standard InChI is InChI=1S/C20H26N4O3/c1-11(2)17(18(21)26)23-19(27)20(24-12(3)25)9-8-16-14(10-20)13-6-4-5-7-15(13)22-16/h4-7,11,17,22H,8-10H2,1-3H3,(H2,21,26)(H,23,27)(H,24,25)/t17-,20-/m0/s1. The van der Waals surface area contributed by atoms with Gasteiger partial charge >= 0.3 is 0 Å². The lowest BCUT2D eigenvalue weighted by atomic mass is 9.78. The summed E-state index contributed by atoms with van der Waals surface area (Å²) >= 11 is 0. The number of primary amides is 1. The van der Waals surface area contributed by atoms with Crippen LogP contribution in [0.1, 0.15) is 38.4 Å². The van der Waals surface area contributed by atoms with E-state index in [-0.39, 0.29) is 17.7 Å². The lowest BCUT2D eigenvalue weighted by Gasteiger charge is -2.37. The summed E-state index contributed by atoms with van der Waals surface area (Å²) in [5.41, 5.74) is 7.47. The highest BCUT2D eigenvalue weighted by Crippen LogP contribution is 2.34. The topological polar surface area (TPSA) is 117 Å². The molecule has 1 aliphatic rings. The van der Waals surface area contributed by atoms with Crippen molar-refractivity contribution in [3.63, 3.8) is 0 Å². The Bertz CT molecular complexity index is 902. The molecular formula is C20H26N4O3. The predicted molar refractivity (Wildman–Crippen MR) is 103 cm³/mol. The molecule has 144 valence electrons. The number of aromatic nitrogens is 1. The molecule has 0 saturated carbocycles. The molecule has 1 aliphatic carbocycles. The van der Waals surface area contributed by atoms with Gasteiger partial charge in [-0.3, -0.25) is 14.4 Å². The highest BCUT2D eigenvalue weighted by molar-refractivity contribution is 5.96. The summed E-state index contributed by atoms with van der Waals surface area (Å²) in [5, 5.41) is 6.67. The third-order valence-electron chi connectivity index (χ3n) is 5.29. The van der Waals surface area contributed by atoms with Crippen LogP contribution in [0.15, 0.2) is 24.3 Å². The van der Waals surface area contributed by atoms with E-state index in [1.54, 1.807) is 0 Å². The molecule has 0 spiro atoms. The van der Waals surface area contributed by atoms with Crippen molar-refractivity contribution in [3.8, 4) is 0 Å².